The summed E-state index contributed by atoms with van der Waals surface area (Å²) >= 11 is 0. The molecule has 0 saturated carbocycles. The molecule has 6 nitrogen and oxygen atoms in total. The maximum absolute atomic E-state index is 13.0. The lowest BCUT2D eigenvalue weighted by atomic mass is 10.1. The molecule has 1 aliphatic rings. The van der Waals surface area contributed by atoms with Gasteiger partial charge < -0.3 is 9.64 Å². The summed E-state index contributed by atoms with van der Waals surface area (Å²) in [5.41, 5.74) is 2.19. The highest BCUT2D eigenvalue weighted by Crippen LogP contribution is 2.24. The Morgan fingerprint density at radius 2 is 1.77 bits per heavy atom. The molecule has 1 fully saturated rings. The summed E-state index contributed by atoms with van der Waals surface area (Å²) in [6, 6.07) is 16.6. The minimum atomic E-state index is -0.408. The number of nitrogens with zero attached hydrogens (tertiary/aromatic N) is 4. The molecule has 0 unspecified atom stereocenters. The van der Waals surface area contributed by atoms with Gasteiger partial charge in [0.15, 0.2) is 0 Å². The van der Waals surface area contributed by atoms with Gasteiger partial charge in [-0.05, 0) is 75.2 Å². The van der Waals surface area contributed by atoms with E-state index < -0.39 is 5.56 Å². The number of ether oxygens (including phenoxy) is 1. The van der Waals surface area contributed by atoms with Crippen LogP contribution in [0, 0.1) is 29.6 Å². The Balaban J connectivity index is 1.69. The van der Waals surface area contributed by atoms with E-state index in [9.17, 15) is 15.3 Å². The van der Waals surface area contributed by atoms with E-state index in [-0.39, 0.29) is 5.56 Å². The molecule has 4 rings (SSSR count). The molecule has 0 atom stereocenters. The zero-order chi connectivity index (χ0) is 21.8. The Labute approximate surface area is 181 Å². The summed E-state index contributed by atoms with van der Waals surface area (Å²) in [4.78, 5) is 15.5. The first-order valence-corrected chi connectivity index (χ1v) is 10.6. The first-order chi connectivity index (χ1) is 15.1. The number of fused-ring (bicyclic) bond motifs is 1. The van der Waals surface area contributed by atoms with Crippen LogP contribution < -0.4 is 10.3 Å². The highest BCUT2D eigenvalue weighted by molar-refractivity contribution is 5.83. The third kappa shape index (κ3) is 4.30. The molecule has 3 aromatic rings. The van der Waals surface area contributed by atoms with Crippen LogP contribution >= 0.6 is 0 Å². The third-order valence-electron chi connectivity index (χ3n) is 5.78. The van der Waals surface area contributed by atoms with Gasteiger partial charge in [-0.1, -0.05) is 6.07 Å². The van der Waals surface area contributed by atoms with Gasteiger partial charge in [0.25, 0.3) is 5.56 Å². The molecule has 0 amide bonds. The van der Waals surface area contributed by atoms with Crippen LogP contribution in [-0.2, 0) is 0 Å². The van der Waals surface area contributed by atoms with Crippen molar-refractivity contribution >= 4 is 10.9 Å². The van der Waals surface area contributed by atoms with Gasteiger partial charge in [-0.15, -0.1) is 0 Å². The van der Waals surface area contributed by atoms with E-state index in [1.54, 1.807) is 18.2 Å². The van der Waals surface area contributed by atoms with Crippen LogP contribution in [0.5, 0.6) is 5.75 Å². The number of aryl methyl sites for hydroxylation is 1. The van der Waals surface area contributed by atoms with Gasteiger partial charge in [0, 0.05) is 18.0 Å². The molecule has 0 aliphatic carbocycles. The molecule has 0 bridgehead atoms. The molecule has 0 radical (unpaired) electrons. The standard InChI is InChI=1S/C25H24N4O2/c1-18-5-7-22(14-20(18)16-26)29-24-15-23(31-12-4-11-28-9-2-3-10-28)8-6-19(24)13-21(17-27)25(29)30/h5-8,13-15H,2-4,9-12H2,1H3. The molecule has 2 heterocycles. The van der Waals surface area contributed by atoms with Crippen molar-refractivity contribution in [1.29, 1.82) is 10.5 Å². The minimum absolute atomic E-state index is 0.0610. The number of hydrogen-bond donors (Lipinski definition) is 0. The normalized spacial score (nSPS) is 13.8. The van der Waals surface area contributed by atoms with Gasteiger partial charge in [0.05, 0.1) is 29.4 Å². The van der Waals surface area contributed by atoms with Crippen molar-refractivity contribution in [2.24, 2.45) is 0 Å². The second-order valence-corrected chi connectivity index (χ2v) is 7.89. The topological polar surface area (TPSA) is 82.0 Å². The van der Waals surface area contributed by atoms with Crippen molar-refractivity contribution in [2.75, 3.05) is 26.2 Å². The molecule has 2 aromatic carbocycles. The Morgan fingerprint density at radius 3 is 2.52 bits per heavy atom. The Bertz CT molecular complexity index is 1260. The van der Waals surface area contributed by atoms with Crippen LogP contribution in [0.1, 0.15) is 36.0 Å². The highest BCUT2D eigenvalue weighted by Gasteiger charge is 2.14. The van der Waals surface area contributed by atoms with Crippen molar-refractivity contribution in [3.05, 3.63) is 69.5 Å². The fourth-order valence-electron chi connectivity index (χ4n) is 4.07. The lowest BCUT2D eigenvalue weighted by Gasteiger charge is -2.16. The van der Waals surface area contributed by atoms with Gasteiger partial charge in [-0.25, -0.2) is 0 Å². The smallest absolute Gasteiger partial charge is 0.273 e. The SMILES string of the molecule is Cc1ccc(-n2c(=O)c(C#N)cc3ccc(OCCCN4CCCC4)cc32)cc1C#N. The van der Waals surface area contributed by atoms with E-state index in [0.717, 1.165) is 23.9 Å². The number of nitriles is 2. The summed E-state index contributed by atoms with van der Waals surface area (Å²) < 4.78 is 7.46. The van der Waals surface area contributed by atoms with Crippen molar-refractivity contribution < 1.29 is 4.74 Å². The predicted molar refractivity (Wildman–Crippen MR) is 119 cm³/mol. The molecule has 0 spiro atoms. The van der Waals surface area contributed by atoms with Gasteiger partial charge in [-0.3, -0.25) is 9.36 Å². The van der Waals surface area contributed by atoms with E-state index in [1.165, 1.54) is 30.5 Å². The van der Waals surface area contributed by atoms with Crippen molar-refractivity contribution in [2.45, 2.75) is 26.2 Å². The van der Waals surface area contributed by atoms with E-state index in [2.05, 4.69) is 11.0 Å². The molecule has 1 saturated heterocycles. The van der Waals surface area contributed by atoms with Crippen LogP contribution in [0.2, 0.25) is 0 Å². The van der Waals surface area contributed by atoms with Crippen LogP contribution in [0.25, 0.3) is 16.6 Å². The minimum Gasteiger partial charge on any atom is -0.493 e. The van der Waals surface area contributed by atoms with Crippen LogP contribution in [0.3, 0.4) is 0 Å². The fourth-order valence-corrected chi connectivity index (χ4v) is 4.07. The maximum Gasteiger partial charge on any atom is 0.273 e. The van der Waals surface area contributed by atoms with E-state index in [4.69, 9.17) is 4.74 Å². The summed E-state index contributed by atoms with van der Waals surface area (Å²) in [5.74, 6) is 0.680. The summed E-state index contributed by atoms with van der Waals surface area (Å²) in [7, 11) is 0. The van der Waals surface area contributed by atoms with Crippen LogP contribution in [-0.4, -0.2) is 35.7 Å². The third-order valence-corrected chi connectivity index (χ3v) is 5.78. The van der Waals surface area contributed by atoms with Gasteiger partial charge >= 0.3 is 0 Å². The van der Waals surface area contributed by atoms with E-state index in [0.29, 0.717) is 29.1 Å². The second-order valence-electron chi connectivity index (χ2n) is 7.89. The predicted octanol–water partition coefficient (Wildman–Crippen LogP) is 3.91. The maximum atomic E-state index is 13.0. The first-order valence-electron chi connectivity index (χ1n) is 10.6. The molecular weight excluding hydrogens is 388 g/mol. The van der Waals surface area contributed by atoms with Crippen LogP contribution in [0.15, 0.2) is 47.3 Å². The zero-order valence-corrected chi connectivity index (χ0v) is 17.6. The Morgan fingerprint density at radius 1 is 1.00 bits per heavy atom. The monoisotopic (exact) mass is 412 g/mol. The number of pyridine rings is 1. The fraction of sp³-hybridized carbons (Fsp3) is 0.320. The number of aromatic nitrogens is 1. The average Bonchev–Trinajstić information content (AvgIpc) is 3.30. The largest absolute Gasteiger partial charge is 0.493 e. The lowest BCUT2D eigenvalue weighted by Crippen LogP contribution is -2.22. The lowest BCUT2D eigenvalue weighted by molar-refractivity contribution is 0.263. The second kappa shape index (κ2) is 9.04. The van der Waals surface area contributed by atoms with Gasteiger partial charge in [0.1, 0.15) is 17.4 Å². The Hall–Kier alpha value is -3.61. The molecule has 0 N–H and O–H groups in total. The number of rotatable bonds is 6. The quantitative estimate of drug-likeness (QED) is 0.574. The van der Waals surface area contributed by atoms with Gasteiger partial charge in [-0.2, -0.15) is 10.5 Å². The molecule has 1 aliphatic heterocycles. The van der Waals surface area contributed by atoms with Crippen LogP contribution in [0.4, 0.5) is 0 Å². The van der Waals surface area contributed by atoms with Crippen molar-refractivity contribution in [3.8, 4) is 23.6 Å². The zero-order valence-electron chi connectivity index (χ0n) is 17.6. The van der Waals surface area contributed by atoms with E-state index >= 15 is 0 Å². The van der Waals surface area contributed by atoms with Gasteiger partial charge in [0.2, 0.25) is 0 Å². The summed E-state index contributed by atoms with van der Waals surface area (Å²) in [5, 5.41) is 19.6. The van der Waals surface area contributed by atoms with Crippen molar-refractivity contribution in [1.82, 2.24) is 9.47 Å². The molecule has 6 heteroatoms. The highest BCUT2D eigenvalue weighted by atomic mass is 16.5. The summed E-state index contributed by atoms with van der Waals surface area (Å²) in [6.45, 7) is 5.83. The number of likely N-dealkylation sites (tertiary alicyclic amines) is 1. The van der Waals surface area contributed by atoms with Crippen molar-refractivity contribution in [3.63, 3.8) is 0 Å². The first kappa shape index (κ1) is 20.7. The number of hydrogen-bond acceptors (Lipinski definition) is 5. The molecule has 156 valence electrons. The Kier molecular flexibility index (Phi) is 6.02. The van der Waals surface area contributed by atoms with E-state index in [1.807, 2.05) is 37.3 Å². The average molecular weight is 412 g/mol. The molecular formula is C25H24N4O2. The molecule has 1 aromatic heterocycles. The summed E-state index contributed by atoms with van der Waals surface area (Å²) in [6.07, 6.45) is 3.50. The molecule has 31 heavy (non-hydrogen) atoms. The number of benzene rings is 2.